The average molecular weight is 299 g/mol. The van der Waals surface area contributed by atoms with E-state index in [0.29, 0.717) is 5.69 Å². The molecule has 0 bridgehead atoms. The molecule has 0 aliphatic heterocycles. The highest BCUT2D eigenvalue weighted by Crippen LogP contribution is 2.29. The van der Waals surface area contributed by atoms with E-state index in [9.17, 15) is 13.6 Å². The zero-order valence-electron chi connectivity index (χ0n) is 9.95. The summed E-state index contributed by atoms with van der Waals surface area (Å²) in [5.74, 6) is -2.81. The van der Waals surface area contributed by atoms with Crippen molar-refractivity contribution in [3.05, 3.63) is 52.6 Å². The number of benzene rings is 2. The normalized spacial score (nSPS) is 10.3. The molecular formula is C13H9ClF2N2O2. The molecular weight excluding hydrogens is 290 g/mol. The van der Waals surface area contributed by atoms with Crippen LogP contribution in [0.4, 0.5) is 25.8 Å². The molecule has 0 amide bonds. The Morgan fingerprint density at radius 2 is 1.85 bits per heavy atom. The molecule has 0 radical (unpaired) electrons. The maximum atomic E-state index is 13.3. The lowest BCUT2D eigenvalue weighted by Crippen LogP contribution is -2.08. The van der Waals surface area contributed by atoms with Crippen LogP contribution in [0.1, 0.15) is 10.4 Å². The topological polar surface area (TPSA) is 75.3 Å². The molecule has 2 aromatic carbocycles. The minimum absolute atomic E-state index is 0.0825. The molecule has 0 fully saturated rings. The third-order valence-corrected chi connectivity index (χ3v) is 2.89. The van der Waals surface area contributed by atoms with E-state index in [1.165, 1.54) is 18.2 Å². The lowest BCUT2D eigenvalue weighted by molar-refractivity contribution is 0.0698. The standard InChI is InChI=1S/C13H9ClF2N2O2/c14-7-5-6(1-2-8(7)15)18-10-4-3-9(16)12(17)11(10)13(19)20/h1-5,18H,17H2,(H,19,20). The van der Waals surface area contributed by atoms with Gasteiger partial charge in [-0.25, -0.2) is 13.6 Å². The summed E-state index contributed by atoms with van der Waals surface area (Å²) in [5.41, 5.74) is 4.97. The van der Waals surface area contributed by atoms with Crippen molar-refractivity contribution in [2.24, 2.45) is 0 Å². The van der Waals surface area contributed by atoms with Crippen molar-refractivity contribution in [3.63, 3.8) is 0 Å². The van der Waals surface area contributed by atoms with Gasteiger partial charge >= 0.3 is 5.97 Å². The van der Waals surface area contributed by atoms with Crippen molar-refractivity contribution in [2.75, 3.05) is 11.1 Å². The maximum Gasteiger partial charge on any atom is 0.340 e. The number of nitrogens with two attached hydrogens (primary N) is 1. The summed E-state index contributed by atoms with van der Waals surface area (Å²) in [5, 5.41) is 11.7. The number of hydrogen-bond acceptors (Lipinski definition) is 3. The van der Waals surface area contributed by atoms with Gasteiger partial charge in [-0.15, -0.1) is 0 Å². The summed E-state index contributed by atoms with van der Waals surface area (Å²) < 4.78 is 26.3. The number of anilines is 3. The highest BCUT2D eigenvalue weighted by Gasteiger charge is 2.17. The summed E-state index contributed by atoms with van der Waals surface area (Å²) in [7, 11) is 0. The minimum atomic E-state index is -1.38. The fourth-order valence-corrected chi connectivity index (χ4v) is 1.84. The molecule has 0 unspecified atom stereocenters. The first kappa shape index (κ1) is 14.1. The second kappa shape index (κ2) is 5.34. The number of nitrogen functional groups attached to an aromatic ring is 1. The Morgan fingerprint density at radius 3 is 2.45 bits per heavy atom. The number of nitrogens with one attached hydrogen (secondary N) is 1. The van der Waals surface area contributed by atoms with Gasteiger partial charge in [0, 0.05) is 5.69 Å². The van der Waals surface area contributed by atoms with E-state index in [2.05, 4.69) is 5.32 Å². The van der Waals surface area contributed by atoms with Gasteiger partial charge < -0.3 is 16.2 Å². The van der Waals surface area contributed by atoms with E-state index in [0.717, 1.165) is 12.1 Å². The lowest BCUT2D eigenvalue weighted by Gasteiger charge is -2.12. The Morgan fingerprint density at radius 1 is 1.20 bits per heavy atom. The van der Waals surface area contributed by atoms with Gasteiger partial charge in [0.25, 0.3) is 0 Å². The molecule has 0 aliphatic rings. The molecule has 0 spiro atoms. The third-order valence-electron chi connectivity index (χ3n) is 2.60. The molecule has 20 heavy (non-hydrogen) atoms. The van der Waals surface area contributed by atoms with E-state index >= 15 is 0 Å². The van der Waals surface area contributed by atoms with Crippen LogP contribution >= 0.6 is 11.6 Å². The third kappa shape index (κ3) is 2.65. The smallest absolute Gasteiger partial charge is 0.340 e. The van der Waals surface area contributed by atoms with Crippen LogP contribution in [0.25, 0.3) is 0 Å². The van der Waals surface area contributed by atoms with Crippen molar-refractivity contribution in [1.82, 2.24) is 0 Å². The first-order valence-corrected chi connectivity index (χ1v) is 5.81. The maximum absolute atomic E-state index is 13.3. The highest BCUT2D eigenvalue weighted by atomic mass is 35.5. The van der Waals surface area contributed by atoms with Crippen LogP contribution < -0.4 is 11.1 Å². The van der Waals surface area contributed by atoms with E-state index < -0.39 is 28.9 Å². The molecule has 104 valence electrons. The SMILES string of the molecule is Nc1c(F)ccc(Nc2ccc(F)c(Cl)c2)c1C(=O)O. The second-order valence-corrected chi connectivity index (χ2v) is 4.35. The van der Waals surface area contributed by atoms with Gasteiger partial charge in [0.15, 0.2) is 0 Å². The van der Waals surface area contributed by atoms with E-state index in [1.54, 1.807) is 0 Å². The molecule has 7 heteroatoms. The summed E-state index contributed by atoms with van der Waals surface area (Å²) >= 11 is 5.62. The van der Waals surface area contributed by atoms with Crippen molar-refractivity contribution >= 4 is 34.6 Å². The molecule has 0 aromatic heterocycles. The fourth-order valence-electron chi connectivity index (χ4n) is 1.66. The van der Waals surface area contributed by atoms with Crippen molar-refractivity contribution in [3.8, 4) is 0 Å². The Bertz CT molecular complexity index is 692. The second-order valence-electron chi connectivity index (χ2n) is 3.94. The average Bonchev–Trinajstić information content (AvgIpc) is 2.38. The highest BCUT2D eigenvalue weighted by molar-refractivity contribution is 6.31. The Balaban J connectivity index is 2.45. The Hall–Kier alpha value is -2.34. The van der Waals surface area contributed by atoms with Gasteiger partial charge in [0.2, 0.25) is 0 Å². The van der Waals surface area contributed by atoms with Crippen molar-refractivity contribution < 1.29 is 18.7 Å². The molecule has 0 heterocycles. The Kier molecular flexibility index (Phi) is 3.76. The largest absolute Gasteiger partial charge is 0.478 e. The number of hydrogen-bond donors (Lipinski definition) is 3. The zero-order valence-corrected chi connectivity index (χ0v) is 10.7. The van der Waals surface area contributed by atoms with E-state index in [4.69, 9.17) is 22.4 Å². The number of rotatable bonds is 3. The predicted octanol–water partition coefficient (Wildman–Crippen LogP) is 3.64. The predicted molar refractivity (Wildman–Crippen MR) is 72.5 cm³/mol. The monoisotopic (exact) mass is 298 g/mol. The van der Waals surface area contributed by atoms with Gasteiger partial charge in [-0.05, 0) is 30.3 Å². The van der Waals surface area contributed by atoms with Gasteiger partial charge in [-0.1, -0.05) is 11.6 Å². The van der Waals surface area contributed by atoms with E-state index in [-0.39, 0.29) is 10.7 Å². The quantitative estimate of drug-likeness (QED) is 0.756. The summed E-state index contributed by atoms with van der Waals surface area (Å²) in [6, 6.07) is 6.04. The lowest BCUT2D eigenvalue weighted by atomic mass is 10.1. The van der Waals surface area contributed by atoms with Crippen LogP contribution in [-0.2, 0) is 0 Å². The van der Waals surface area contributed by atoms with Crippen LogP contribution in [0.3, 0.4) is 0 Å². The van der Waals surface area contributed by atoms with Crippen molar-refractivity contribution in [2.45, 2.75) is 0 Å². The fraction of sp³-hybridized carbons (Fsp3) is 0. The first-order valence-electron chi connectivity index (χ1n) is 5.43. The first-order chi connectivity index (χ1) is 9.40. The summed E-state index contributed by atoms with van der Waals surface area (Å²) in [4.78, 5) is 11.1. The molecule has 4 N–H and O–H groups in total. The number of carboxylic acids is 1. The van der Waals surface area contributed by atoms with Gasteiger partial charge in [-0.2, -0.15) is 0 Å². The van der Waals surface area contributed by atoms with Crippen LogP contribution in [-0.4, -0.2) is 11.1 Å². The summed E-state index contributed by atoms with van der Waals surface area (Å²) in [6.45, 7) is 0. The van der Waals surface area contributed by atoms with E-state index in [1.807, 2.05) is 0 Å². The molecule has 2 rings (SSSR count). The zero-order chi connectivity index (χ0) is 14.9. The van der Waals surface area contributed by atoms with Gasteiger partial charge in [-0.3, -0.25) is 0 Å². The Labute approximate surface area is 117 Å². The summed E-state index contributed by atoms with van der Waals surface area (Å²) in [6.07, 6.45) is 0. The molecule has 2 aromatic rings. The molecule has 0 aliphatic carbocycles. The van der Waals surface area contributed by atoms with Gasteiger partial charge in [0.1, 0.15) is 17.2 Å². The van der Waals surface area contributed by atoms with Crippen LogP contribution in [0.5, 0.6) is 0 Å². The van der Waals surface area contributed by atoms with Crippen LogP contribution in [0.2, 0.25) is 5.02 Å². The molecule has 0 saturated heterocycles. The van der Waals surface area contributed by atoms with Crippen molar-refractivity contribution in [1.29, 1.82) is 0 Å². The molecule has 0 saturated carbocycles. The number of halogens is 3. The molecule has 0 atom stereocenters. The van der Waals surface area contributed by atoms with Crippen LogP contribution in [0.15, 0.2) is 30.3 Å². The number of carboxylic acid groups (broad SMARTS) is 1. The number of aromatic carboxylic acids is 1. The molecule has 4 nitrogen and oxygen atoms in total. The minimum Gasteiger partial charge on any atom is -0.478 e. The van der Waals surface area contributed by atoms with Gasteiger partial charge in [0.05, 0.1) is 16.4 Å². The number of carbonyl (C=O) groups is 1. The van der Waals surface area contributed by atoms with Crippen LogP contribution in [0, 0.1) is 11.6 Å².